The van der Waals surface area contributed by atoms with Gasteiger partial charge in [0.05, 0.1) is 12.7 Å². The summed E-state index contributed by atoms with van der Waals surface area (Å²) in [5.74, 6) is -0.482. The van der Waals surface area contributed by atoms with E-state index in [4.69, 9.17) is 5.11 Å². The lowest BCUT2D eigenvalue weighted by Gasteiger charge is -2.29. The molecule has 0 aliphatic heterocycles. The van der Waals surface area contributed by atoms with Gasteiger partial charge in [-0.2, -0.15) is 0 Å². The van der Waals surface area contributed by atoms with Gasteiger partial charge in [0.1, 0.15) is 12.2 Å². The van der Waals surface area contributed by atoms with Gasteiger partial charge in [0.25, 0.3) is 0 Å². The highest BCUT2D eigenvalue weighted by molar-refractivity contribution is 5.74. The SMILES string of the molecule is CC1CCCCC1NC(=O)NCc1cn(CC(=O)O)nn1. The van der Waals surface area contributed by atoms with Gasteiger partial charge in [0.2, 0.25) is 0 Å². The van der Waals surface area contributed by atoms with Crippen LogP contribution in [0.4, 0.5) is 4.79 Å². The third kappa shape index (κ3) is 4.73. The molecule has 2 amide bonds. The van der Waals surface area contributed by atoms with Gasteiger partial charge in [0, 0.05) is 6.04 Å². The second kappa shape index (κ2) is 7.05. The fourth-order valence-electron chi connectivity index (χ4n) is 2.56. The molecule has 0 bridgehead atoms. The maximum absolute atomic E-state index is 11.8. The van der Waals surface area contributed by atoms with Crippen LogP contribution in [0.5, 0.6) is 0 Å². The normalized spacial score (nSPS) is 21.8. The van der Waals surface area contributed by atoms with Gasteiger partial charge in [-0.3, -0.25) is 4.79 Å². The summed E-state index contributed by atoms with van der Waals surface area (Å²) < 4.78 is 1.22. The summed E-state index contributed by atoms with van der Waals surface area (Å²) in [5, 5.41) is 21.8. The second-order valence-corrected chi connectivity index (χ2v) is 5.50. The van der Waals surface area contributed by atoms with E-state index in [1.807, 2.05) is 0 Å². The van der Waals surface area contributed by atoms with Gasteiger partial charge in [-0.25, -0.2) is 9.48 Å². The Balaban J connectivity index is 1.75. The molecule has 3 N–H and O–H groups in total. The van der Waals surface area contributed by atoms with Crippen molar-refractivity contribution in [2.45, 2.75) is 51.7 Å². The van der Waals surface area contributed by atoms with E-state index in [1.54, 1.807) is 0 Å². The summed E-state index contributed by atoms with van der Waals surface area (Å²) in [6.07, 6.45) is 6.06. The zero-order valence-corrected chi connectivity index (χ0v) is 12.1. The smallest absolute Gasteiger partial charge is 0.325 e. The summed E-state index contributed by atoms with van der Waals surface area (Å²) in [6, 6.07) is 0.00276. The highest BCUT2D eigenvalue weighted by atomic mass is 16.4. The third-order valence-electron chi connectivity index (χ3n) is 3.74. The largest absolute Gasteiger partial charge is 0.480 e. The van der Waals surface area contributed by atoms with Crippen LogP contribution in [0.15, 0.2) is 6.20 Å². The zero-order chi connectivity index (χ0) is 15.2. The van der Waals surface area contributed by atoms with Crippen LogP contribution < -0.4 is 10.6 Å². The maximum atomic E-state index is 11.8. The molecule has 8 heteroatoms. The highest BCUT2D eigenvalue weighted by Gasteiger charge is 2.22. The molecule has 1 heterocycles. The van der Waals surface area contributed by atoms with E-state index in [0.29, 0.717) is 11.6 Å². The predicted molar refractivity (Wildman–Crippen MR) is 74.4 cm³/mol. The van der Waals surface area contributed by atoms with Gasteiger partial charge in [-0.05, 0) is 18.8 Å². The molecule has 1 saturated carbocycles. The predicted octanol–water partition coefficient (Wildman–Crippen LogP) is 0.741. The number of carbonyl (C=O) groups excluding carboxylic acids is 1. The number of aliphatic carboxylic acids is 1. The minimum Gasteiger partial charge on any atom is -0.480 e. The van der Waals surface area contributed by atoms with Crippen molar-refractivity contribution in [2.75, 3.05) is 0 Å². The van der Waals surface area contributed by atoms with Crippen LogP contribution >= 0.6 is 0 Å². The molecule has 0 radical (unpaired) electrons. The first kappa shape index (κ1) is 15.3. The van der Waals surface area contributed by atoms with Crippen LogP contribution in [-0.4, -0.2) is 38.1 Å². The Morgan fingerprint density at radius 1 is 1.43 bits per heavy atom. The van der Waals surface area contributed by atoms with E-state index in [1.165, 1.54) is 17.3 Å². The van der Waals surface area contributed by atoms with E-state index >= 15 is 0 Å². The number of carboxylic acids is 1. The number of nitrogens with one attached hydrogen (secondary N) is 2. The fraction of sp³-hybridized carbons (Fsp3) is 0.692. The van der Waals surface area contributed by atoms with E-state index in [2.05, 4.69) is 27.9 Å². The van der Waals surface area contributed by atoms with Crippen molar-refractivity contribution in [3.8, 4) is 0 Å². The first-order chi connectivity index (χ1) is 10.0. The molecule has 0 aromatic carbocycles. The molecule has 1 fully saturated rings. The van der Waals surface area contributed by atoms with Gasteiger partial charge in [-0.1, -0.05) is 25.0 Å². The molecule has 1 aromatic rings. The number of hydrogen-bond acceptors (Lipinski definition) is 4. The monoisotopic (exact) mass is 295 g/mol. The molecule has 1 aromatic heterocycles. The molecule has 1 aliphatic carbocycles. The number of rotatable bonds is 5. The van der Waals surface area contributed by atoms with E-state index in [9.17, 15) is 9.59 Å². The number of urea groups is 1. The molecule has 2 atom stereocenters. The Labute approximate surface area is 122 Å². The van der Waals surface area contributed by atoms with Gasteiger partial charge in [0.15, 0.2) is 0 Å². The molecule has 0 spiro atoms. The lowest BCUT2D eigenvalue weighted by Crippen LogP contribution is -2.45. The van der Waals surface area contributed by atoms with Crippen molar-refractivity contribution < 1.29 is 14.7 Å². The van der Waals surface area contributed by atoms with Crippen molar-refractivity contribution >= 4 is 12.0 Å². The second-order valence-electron chi connectivity index (χ2n) is 5.50. The fourth-order valence-corrected chi connectivity index (χ4v) is 2.56. The molecule has 0 saturated heterocycles. The lowest BCUT2D eigenvalue weighted by molar-refractivity contribution is -0.137. The van der Waals surface area contributed by atoms with Crippen LogP contribution in [0.2, 0.25) is 0 Å². The molecule has 1 aliphatic rings. The number of hydrogen-bond donors (Lipinski definition) is 3. The number of carboxylic acid groups (broad SMARTS) is 1. The van der Waals surface area contributed by atoms with Gasteiger partial charge in [-0.15, -0.1) is 5.10 Å². The molecular weight excluding hydrogens is 274 g/mol. The van der Waals surface area contributed by atoms with Crippen molar-refractivity contribution in [1.29, 1.82) is 0 Å². The Bertz CT molecular complexity index is 502. The van der Waals surface area contributed by atoms with Gasteiger partial charge < -0.3 is 15.7 Å². The molecule has 21 heavy (non-hydrogen) atoms. The van der Waals surface area contributed by atoms with E-state index < -0.39 is 5.97 Å². The Hall–Kier alpha value is -2.12. The topological polar surface area (TPSA) is 109 Å². The van der Waals surface area contributed by atoms with Crippen molar-refractivity contribution in [1.82, 2.24) is 25.6 Å². The highest BCUT2D eigenvalue weighted by Crippen LogP contribution is 2.23. The third-order valence-corrected chi connectivity index (χ3v) is 3.74. The molecular formula is C13H21N5O3. The van der Waals surface area contributed by atoms with E-state index in [0.717, 1.165) is 19.3 Å². The Morgan fingerprint density at radius 3 is 2.90 bits per heavy atom. The number of amides is 2. The first-order valence-corrected chi connectivity index (χ1v) is 7.20. The van der Waals surface area contributed by atoms with Crippen LogP contribution in [0, 0.1) is 5.92 Å². The van der Waals surface area contributed by atoms with Crippen LogP contribution in [0.1, 0.15) is 38.3 Å². The number of nitrogens with zero attached hydrogens (tertiary/aromatic N) is 3. The first-order valence-electron chi connectivity index (χ1n) is 7.20. The van der Waals surface area contributed by atoms with Crippen LogP contribution in [-0.2, 0) is 17.9 Å². The van der Waals surface area contributed by atoms with Crippen LogP contribution in [0.25, 0.3) is 0 Å². The van der Waals surface area contributed by atoms with Gasteiger partial charge >= 0.3 is 12.0 Å². The summed E-state index contributed by atoms with van der Waals surface area (Å²) in [5.41, 5.74) is 0.531. The summed E-state index contributed by atoms with van der Waals surface area (Å²) in [6.45, 7) is 2.15. The Morgan fingerprint density at radius 2 is 2.19 bits per heavy atom. The number of aromatic nitrogens is 3. The molecule has 8 nitrogen and oxygen atoms in total. The summed E-state index contributed by atoms with van der Waals surface area (Å²) >= 11 is 0. The summed E-state index contributed by atoms with van der Waals surface area (Å²) in [7, 11) is 0. The minimum absolute atomic E-state index is 0.221. The van der Waals surface area contributed by atoms with Crippen LogP contribution in [0.3, 0.4) is 0 Å². The quantitative estimate of drug-likeness (QED) is 0.742. The minimum atomic E-state index is -0.983. The van der Waals surface area contributed by atoms with Crippen molar-refractivity contribution in [3.05, 3.63) is 11.9 Å². The summed E-state index contributed by atoms with van der Waals surface area (Å²) in [4.78, 5) is 22.4. The molecule has 116 valence electrons. The molecule has 2 rings (SSSR count). The van der Waals surface area contributed by atoms with E-state index in [-0.39, 0.29) is 25.2 Å². The maximum Gasteiger partial charge on any atom is 0.325 e. The average Bonchev–Trinajstić information content (AvgIpc) is 2.86. The number of carbonyl (C=O) groups is 2. The van der Waals surface area contributed by atoms with Crippen molar-refractivity contribution in [3.63, 3.8) is 0 Å². The molecule has 2 unspecified atom stereocenters. The average molecular weight is 295 g/mol. The van der Waals surface area contributed by atoms with Crippen molar-refractivity contribution in [2.24, 2.45) is 5.92 Å². The standard InChI is InChI=1S/C13H21N5O3/c1-9-4-2-3-5-11(9)15-13(21)14-6-10-7-18(17-16-10)8-12(19)20/h7,9,11H,2-6,8H2,1H3,(H,19,20)(H2,14,15,21). The Kier molecular flexibility index (Phi) is 5.13. The zero-order valence-electron chi connectivity index (χ0n) is 12.1. The lowest BCUT2D eigenvalue weighted by atomic mass is 9.86.